The number of hydrogen-bond acceptors (Lipinski definition) is 1. The number of carbonyl (C=O) groups is 1. The summed E-state index contributed by atoms with van der Waals surface area (Å²) in [5, 5.41) is 5.55. The zero-order valence-electron chi connectivity index (χ0n) is 12.7. The molecular weight excluding hydrogens is 275 g/mol. The molecule has 3 nitrogen and oxygen atoms in total. The van der Waals surface area contributed by atoms with Crippen LogP contribution < -0.4 is 5.14 Å². The molecule has 0 aliphatic carbocycles. The van der Waals surface area contributed by atoms with Crippen LogP contribution in [0, 0.1) is 5.82 Å². The number of amides is 1. The van der Waals surface area contributed by atoms with E-state index in [4.69, 9.17) is 5.14 Å². The first kappa shape index (κ1) is 17.0. The summed E-state index contributed by atoms with van der Waals surface area (Å²) in [6.07, 6.45) is 1.88. The molecule has 0 aliphatic heterocycles. The smallest absolute Gasteiger partial charge is 0.257 e. The van der Waals surface area contributed by atoms with Gasteiger partial charge in [-0.25, -0.2) is 4.39 Å². The zero-order chi connectivity index (χ0) is 15.4. The quantitative estimate of drug-likeness (QED) is 0.925. The standard InChI is InChI=1S/C15H23FN2OS/c1-9(2)12-6-11(16)7-13(10(3)4)14(12)8-15(19)18-20(5)17/h6-7,9-10H,8H2,1-5H3,(H2,17,18,19). The maximum Gasteiger partial charge on any atom is 0.257 e. The van der Waals surface area contributed by atoms with Gasteiger partial charge in [0.05, 0.1) is 6.42 Å². The van der Waals surface area contributed by atoms with Crippen molar-refractivity contribution in [1.82, 2.24) is 0 Å². The van der Waals surface area contributed by atoms with Crippen LogP contribution in [0.3, 0.4) is 0 Å². The van der Waals surface area contributed by atoms with E-state index in [1.807, 2.05) is 27.7 Å². The van der Waals surface area contributed by atoms with Crippen molar-refractivity contribution >= 4 is 16.8 Å². The molecule has 1 aromatic rings. The molecule has 0 aliphatic rings. The van der Waals surface area contributed by atoms with Gasteiger partial charge in [0.1, 0.15) is 5.82 Å². The molecule has 1 aromatic carbocycles. The number of hydrogen-bond donors (Lipinski definition) is 1. The molecule has 5 heteroatoms. The van der Waals surface area contributed by atoms with Crippen molar-refractivity contribution in [3.05, 3.63) is 34.6 Å². The largest absolute Gasteiger partial charge is 0.272 e. The lowest BCUT2D eigenvalue weighted by Gasteiger charge is -2.19. The fraction of sp³-hybridized carbons (Fsp3) is 0.533. The maximum atomic E-state index is 13.7. The lowest BCUT2D eigenvalue weighted by atomic mass is 9.87. The minimum absolute atomic E-state index is 0.156. The molecule has 1 unspecified atom stereocenters. The zero-order valence-corrected chi connectivity index (χ0v) is 13.6. The van der Waals surface area contributed by atoms with Gasteiger partial charge in [-0.05, 0) is 51.5 Å². The van der Waals surface area contributed by atoms with Gasteiger partial charge in [0.15, 0.2) is 0 Å². The van der Waals surface area contributed by atoms with Crippen LogP contribution in [0.15, 0.2) is 16.5 Å². The average molecular weight is 298 g/mol. The number of nitrogens with zero attached hydrogens (tertiary/aromatic N) is 1. The summed E-state index contributed by atoms with van der Waals surface area (Å²) >= 11 is 0. The first-order valence-corrected chi connectivity index (χ1v) is 8.34. The molecule has 2 N–H and O–H groups in total. The number of halogens is 1. The average Bonchev–Trinajstić information content (AvgIpc) is 2.29. The van der Waals surface area contributed by atoms with Gasteiger partial charge in [0.25, 0.3) is 5.91 Å². The third kappa shape index (κ3) is 4.49. The molecule has 1 atom stereocenters. The molecule has 0 saturated carbocycles. The third-order valence-corrected chi connectivity index (χ3v) is 3.59. The monoisotopic (exact) mass is 298 g/mol. The van der Waals surface area contributed by atoms with Crippen LogP contribution >= 0.6 is 0 Å². The second-order valence-electron chi connectivity index (χ2n) is 5.56. The lowest BCUT2D eigenvalue weighted by molar-refractivity contribution is -0.117. The van der Waals surface area contributed by atoms with Gasteiger partial charge in [-0.1, -0.05) is 27.7 Å². The molecule has 1 rings (SSSR count). The summed E-state index contributed by atoms with van der Waals surface area (Å²) in [6, 6.07) is 3.04. The highest BCUT2D eigenvalue weighted by atomic mass is 32.2. The van der Waals surface area contributed by atoms with Gasteiger partial charge in [0, 0.05) is 6.26 Å². The topological polar surface area (TPSA) is 55.5 Å². The minimum atomic E-state index is -0.757. The first-order valence-electron chi connectivity index (χ1n) is 6.69. The summed E-state index contributed by atoms with van der Waals surface area (Å²) in [7, 11) is -0.757. The lowest BCUT2D eigenvalue weighted by Crippen LogP contribution is -2.11. The van der Waals surface area contributed by atoms with E-state index in [2.05, 4.69) is 4.36 Å². The Balaban J connectivity index is 3.33. The molecule has 0 saturated heterocycles. The molecule has 112 valence electrons. The van der Waals surface area contributed by atoms with Crippen molar-refractivity contribution in [3.8, 4) is 0 Å². The SMILES string of the molecule is CC(C)c1cc(F)cc(C(C)C)c1CC(=O)N=S(C)N. The normalized spacial score (nSPS) is 13.2. The summed E-state index contributed by atoms with van der Waals surface area (Å²) in [6.45, 7) is 7.99. The van der Waals surface area contributed by atoms with Gasteiger partial charge in [-0.2, -0.15) is 4.36 Å². The van der Waals surface area contributed by atoms with E-state index in [-0.39, 0.29) is 30.0 Å². The van der Waals surface area contributed by atoms with E-state index in [1.165, 1.54) is 12.1 Å². The van der Waals surface area contributed by atoms with Crippen molar-refractivity contribution in [2.45, 2.75) is 46.0 Å². The number of carbonyl (C=O) groups excluding carboxylic acids is 1. The fourth-order valence-electron chi connectivity index (χ4n) is 2.26. The predicted molar refractivity (Wildman–Crippen MR) is 83.2 cm³/mol. The third-order valence-electron chi connectivity index (χ3n) is 3.10. The van der Waals surface area contributed by atoms with Crippen molar-refractivity contribution < 1.29 is 9.18 Å². The van der Waals surface area contributed by atoms with Crippen LogP contribution in [0.2, 0.25) is 0 Å². The molecule has 0 radical (unpaired) electrons. The Morgan fingerprint density at radius 3 is 2.05 bits per heavy atom. The summed E-state index contributed by atoms with van der Waals surface area (Å²) < 4.78 is 17.6. The molecule has 0 heterocycles. The molecule has 0 fully saturated rings. The predicted octanol–water partition coefficient (Wildman–Crippen LogP) is 3.45. The highest BCUT2D eigenvalue weighted by molar-refractivity contribution is 7.84. The summed E-state index contributed by atoms with van der Waals surface area (Å²) in [4.78, 5) is 11.9. The van der Waals surface area contributed by atoms with Crippen LogP contribution in [0.4, 0.5) is 4.39 Å². The molecule has 0 bridgehead atoms. The van der Waals surface area contributed by atoms with Crippen molar-refractivity contribution in [3.63, 3.8) is 0 Å². The number of benzene rings is 1. The highest BCUT2D eigenvalue weighted by Gasteiger charge is 2.18. The van der Waals surface area contributed by atoms with Crippen LogP contribution in [0.5, 0.6) is 0 Å². The number of nitrogens with two attached hydrogens (primary N) is 1. The number of rotatable bonds is 4. The van der Waals surface area contributed by atoms with Crippen molar-refractivity contribution in [2.75, 3.05) is 6.26 Å². The fourth-order valence-corrected chi connectivity index (χ4v) is 2.64. The summed E-state index contributed by atoms with van der Waals surface area (Å²) in [5.74, 6) is -0.180. The van der Waals surface area contributed by atoms with E-state index in [1.54, 1.807) is 6.26 Å². The van der Waals surface area contributed by atoms with Crippen molar-refractivity contribution in [2.24, 2.45) is 9.50 Å². The van der Waals surface area contributed by atoms with Crippen LogP contribution in [-0.2, 0) is 22.1 Å². The highest BCUT2D eigenvalue weighted by Crippen LogP contribution is 2.29. The van der Waals surface area contributed by atoms with Gasteiger partial charge < -0.3 is 0 Å². The second kappa shape index (κ2) is 7.09. The molecule has 1 amide bonds. The van der Waals surface area contributed by atoms with Gasteiger partial charge in [0.2, 0.25) is 0 Å². The molecule has 20 heavy (non-hydrogen) atoms. The van der Waals surface area contributed by atoms with E-state index < -0.39 is 10.9 Å². The second-order valence-corrected chi connectivity index (χ2v) is 6.79. The van der Waals surface area contributed by atoms with Crippen LogP contribution in [-0.4, -0.2) is 12.2 Å². The van der Waals surface area contributed by atoms with Gasteiger partial charge in [-0.3, -0.25) is 9.93 Å². The van der Waals surface area contributed by atoms with E-state index in [9.17, 15) is 9.18 Å². The Morgan fingerprint density at radius 1 is 1.25 bits per heavy atom. The first-order chi connectivity index (χ1) is 9.22. The molecule has 0 aromatic heterocycles. The summed E-state index contributed by atoms with van der Waals surface area (Å²) in [5.41, 5.74) is 2.66. The molecular formula is C15H23FN2OS. The van der Waals surface area contributed by atoms with Crippen LogP contribution in [0.25, 0.3) is 0 Å². The minimum Gasteiger partial charge on any atom is -0.272 e. The van der Waals surface area contributed by atoms with Gasteiger partial charge >= 0.3 is 0 Å². The van der Waals surface area contributed by atoms with Gasteiger partial charge in [-0.15, -0.1) is 0 Å². The Kier molecular flexibility index (Phi) is 6.02. The Bertz CT molecular complexity index is 506. The van der Waals surface area contributed by atoms with E-state index >= 15 is 0 Å². The maximum absolute atomic E-state index is 13.7. The van der Waals surface area contributed by atoms with E-state index in [0.717, 1.165) is 16.7 Å². The van der Waals surface area contributed by atoms with Crippen LogP contribution in [0.1, 0.15) is 56.2 Å². The van der Waals surface area contributed by atoms with Crippen molar-refractivity contribution in [1.29, 1.82) is 0 Å². The molecule has 0 spiro atoms. The van der Waals surface area contributed by atoms with E-state index in [0.29, 0.717) is 0 Å². The Morgan fingerprint density at radius 2 is 1.70 bits per heavy atom. The Hall–Kier alpha value is -1.07. The Labute approximate surface area is 123 Å².